The molecule has 30 atom stereocenters. The molecule has 6 heterocycles. The predicted octanol–water partition coefficient (Wildman–Crippen LogP) is -8.63. The third-order valence-corrected chi connectivity index (χ3v) is 16.8. The number of ether oxygens (including phenoxy) is 11. The zero-order chi connectivity index (χ0) is 68.1. The monoisotopic (exact) mass is 1520 g/mol. The number of halogens is 3. The number of hydrogen-bond donors (Lipinski definition) is 18. The van der Waals surface area contributed by atoms with Gasteiger partial charge in [-0.05, 0) is 13.8 Å². The lowest BCUT2D eigenvalue weighted by atomic mass is 9.88. The van der Waals surface area contributed by atoms with Gasteiger partial charge in [0.25, 0.3) is 0 Å². The molecule has 0 aromatic rings. The van der Waals surface area contributed by atoms with Crippen molar-refractivity contribution in [2.45, 2.75) is 209 Å². The summed E-state index contributed by atoms with van der Waals surface area (Å²) in [6.45, 7) is -5.12. The van der Waals surface area contributed by atoms with Gasteiger partial charge < -0.3 is 118 Å². The molecule has 0 spiro atoms. The van der Waals surface area contributed by atoms with Crippen LogP contribution in [-0.2, 0) is 125 Å². The molecule has 0 aromatic carbocycles. The molecule has 6 saturated heterocycles. The summed E-state index contributed by atoms with van der Waals surface area (Å²) in [5, 5.41) is 140. The third kappa shape index (κ3) is 25.3. The predicted molar refractivity (Wildman–Crippen MR) is 294 cm³/mol. The fraction of sp³-hybridized carbons (Fsp3) is 1.00. The smallest absolute Gasteiger partial charge is 0.394 e. The van der Waals surface area contributed by atoms with Crippen molar-refractivity contribution in [3.8, 4) is 0 Å². The first-order chi connectivity index (χ1) is 41.5. The fourth-order valence-electron chi connectivity index (χ4n) is 10.1. The van der Waals surface area contributed by atoms with E-state index in [9.17, 15) is 127 Å². The summed E-state index contributed by atoms with van der Waals surface area (Å²) < 4.78 is 264. The maximum Gasteiger partial charge on any atom is 0.397 e. The summed E-state index contributed by atoms with van der Waals surface area (Å²) in [5.41, 5.74) is 0. The van der Waals surface area contributed by atoms with E-state index < -0.39 is 282 Å². The van der Waals surface area contributed by atoms with E-state index in [1.807, 2.05) is 0 Å². The van der Waals surface area contributed by atoms with Crippen LogP contribution >= 0.6 is 0 Å². The largest absolute Gasteiger partial charge is 0.397 e. The van der Waals surface area contributed by atoms with Crippen LogP contribution in [-0.4, -0.2) is 343 Å². The molecular weight excluding hydrogens is 1440 g/mol. The highest BCUT2D eigenvalue weighted by Gasteiger charge is 2.56. The molecule has 0 bridgehead atoms. The Kier molecular flexibility index (Phi) is 37.7. The van der Waals surface area contributed by atoms with Crippen molar-refractivity contribution >= 4 is 52.0 Å². The topological polar surface area (TPSA) is 683 Å². The highest BCUT2D eigenvalue weighted by atomic mass is 32.3. The maximum absolute atomic E-state index is 12.1. The van der Waals surface area contributed by atoms with E-state index in [0.717, 1.165) is 0 Å². The summed E-state index contributed by atoms with van der Waals surface area (Å²) in [5.74, 6) is -5.19. The quantitative estimate of drug-likeness (QED) is 0.0340. The van der Waals surface area contributed by atoms with Gasteiger partial charge in [0.1, 0.15) is 104 Å². The van der Waals surface area contributed by atoms with Crippen LogP contribution in [0.3, 0.4) is 0 Å². The van der Waals surface area contributed by atoms with Crippen LogP contribution in [0.1, 0.15) is 43.6 Å². The molecule has 0 radical (unpaired) electrons. The molecule has 6 fully saturated rings. The molecule has 18 N–H and O–H groups in total. The van der Waals surface area contributed by atoms with Crippen molar-refractivity contribution in [3.05, 3.63) is 0 Å². The van der Waals surface area contributed by atoms with E-state index in [4.69, 9.17) is 70.0 Å². The molecule has 572 valence electrons. The van der Waals surface area contributed by atoms with Crippen LogP contribution in [0, 0.1) is 17.8 Å². The maximum atomic E-state index is 12.1. The third-order valence-electron chi connectivity index (χ3n) is 14.5. The lowest BCUT2D eigenvalue weighted by Gasteiger charge is -2.46. The van der Waals surface area contributed by atoms with Gasteiger partial charge in [0, 0.05) is 26.9 Å². The van der Waals surface area contributed by atoms with E-state index >= 15 is 0 Å². The Balaban J connectivity index is 0.0000125. The van der Waals surface area contributed by atoms with Gasteiger partial charge in [-0.2, -0.15) is 42.1 Å². The van der Waals surface area contributed by atoms with Gasteiger partial charge in [0.15, 0.2) is 37.7 Å². The normalized spacial score (nSPS) is 41.2. The minimum absolute atomic E-state index is 0. The molecule has 6 aliphatic rings. The summed E-state index contributed by atoms with van der Waals surface area (Å²) in [4.78, 5) is 0. The average molecular weight is 1520 g/mol. The van der Waals surface area contributed by atoms with Crippen LogP contribution in [0.2, 0.25) is 0 Å². The van der Waals surface area contributed by atoms with Crippen molar-refractivity contribution in [1.29, 1.82) is 0 Å². The Morgan fingerprint density at radius 2 is 0.600 bits per heavy atom. The highest BCUT2D eigenvalue weighted by molar-refractivity contribution is 7.81. The number of hydrogen-bond acceptors (Lipinski definition) is 39. The second-order valence-corrected chi connectivity index (χ2v) is 25.7. The molecule has 0 aliphatic carbocycles. The molecule has 0 saturated carbocycles. The SMILES string of the molecule is C.C.C.C.CC1O[C@@H](OC[C@@H]2C(C)O[C@@H](OC[C@H]3C(O)[C@H](OC[C@H]4C(CO[C@@H]5OC(CO[C@@H]6OC(CO)[C@H](O)[C@@H](OS(=O)(=O)O)C6O)[C@H](O)[C@@H](OS(=O)(=O)O)C5O)OC(O)C(O)[C@@H]4OS(=O)(=O)O)OC(CO)[C@@H]3O)C(O)[C@H]2OS(=O)(=O)O)C(O)[C@@H](OS(=O)(=O)O)[C@@H]1O.F.FF. The summed E-state index contributed by atoms with van der Waals surface area (Å²) >= 11 is 0. The fourth-order valence-corrected chi connectivity index (χ4v) is 12.7. The van der Waals surface area contributed by atoms with Crippen LogP contribution in [0.15, 0.2) is 0 Å². The minimum Gasteiger partial charge on any atom is -0.394 e. The van der Waals surface area contributed by atoms with Crippen molar-refractivity contribution in [2.75, 3.05) is 46.2 Å². The van der Waals surface area contributed by atoms with Crippen molar-refractivity contribution < 1.29 is 218 Å². The van der Waals surface area contributed by atoms with Gasteiger partial charge in [-0.25, -0.2) is 20.9 Å². The van der Waals surface area contributed by atoms with E-state index in [1.54, 1.807) is 0 Å². The van der Waals surface area contributed by atoms with Gasteiger partial charge in [-0.15, -0.1) is 0 Å². The molecule has 0 amide bonds. The Morgan fingerprint density at radius 3 is 1.01 bits per heavy atom. The van der Waals surface area contributed by atoms with Crippen molar-refractivity contribution in [3.63, 3.8) is 0 Å². The Labute approximate surface area is 541 Å². The first-order valence-corrected chi connectivity index (χ1v) is 32.5. The molecule has 6 rings (SSSR count). The summed E-state index contributed by atoms with van der Waals surface area (Å²) in [6, 6.07) is 0. The van der Waals surface area contributed by atoms with Crippen LogP contribution in [0.5, 0.6) is 0 Å². The molecule has 13 unspecified atom stereocenters. The molecule has 52 heteroatoms. The first-order valence-electron chi connectivity index (χ1n) is 25.7. The average Bonchev–Trinajstić information content (AvgIpc) is 0.803. The molecule has 44 nitrogen and oxygen atoms in total. The van der Waals surface area contributed by atoms with Gasteiger partial charge >= 0.3 is 52.0 Å². The molecular formula is C43H85F3O44S5. The van der Waals surface area contributed by atoms with Crippen molar-refractivity contribution in [1.82, 2.24) is 0 Å². The highest BCUT2D eigenvalue weighted by Crippen LogP contribution is 2.37. The van der Waals surface area contributed by atoms with Gasteiger partial charge in [0.2, 0.25) is 0 Å². The second-order valence-electron chi connectivity index (χ2n) is 20.5. The van der Waals surface area contributed by atoms with Gasteiger partial charge in [0.05, 0.1) is 70.7 Å². The van der Waals surface area contributed by atoms with Crippen molar-refractivity contribution in [2.24, 2.45) is 17.8 Å². The van der Waals surface area contributed by atoms with Crippen LogP contribution in [0.4, 0.5) is 13.9 Å². The summed E-state index contributed by atoms with van der Waals surface area (Å²) in [6.07, 6.45) is -57.2. The first kappa shape index (κ1) is 93.2. The lowest BCUT2D eigenvalue weighted by Crippen LogP contribution is -2.63. The Hall–Kier alpha value is -1.82. The number of aliphatic hydroxyl groups is 13. The van der Waals surface area contributed by atoms with Gasteiger partial charge in [-0.1, -0.05) is 29.7 Å². The number of rotatable bonds is 27. The second kappa shape index (κ2) is 38.4. The van der Waals surface area contributed by atoms with E-state index in [-0.39, 0.29) is 34.4 Å². The standard InChI is InChI=1S/C39H68O44S5.4CH4.F2.FH/c1-10-12(5-68-37-26(49)31(81-86(59,60)61)19(42)11(2)74-37)29(79-84(53,54)55)25(48)36(73-10)70-7-14-20(43)15(3-40)76-35(21(14)44)69-6-13-17(75-34(52)24(47)30(13)80-85(56,57)58)8-71-39-28(51)33(83-88(65,66)67)23(46)18(78-39)9-72-38-27(50)32(82-87(62,63)64)22(45)16(4-41)77-38;;;;;1-2;/h10-52H,3-9H2,1-2H3,(H,53,54,55)(H,56,57,58)(H,59,60,61)(H,62,63,64)(H,65,66,67);4*1H4;;1H/t10?,11?,12-,13+,14-,15?,16?,17?,18?,19-,20-,21?,22+,23+,24?,25?,26?,27?,28?,29+,30-,31+,32-,33-,34?,35-,36-,37-,38-,39-;;;;;;/m1....../s1. The van der Waals surface area contributed by atoms with E-state index in [1.165, 1.54) is 13.8 Å². The molecule has 95 heavy (non-hydrogen) atoms. The minimum atomic E-state index is -5.65. The molecule has 0 aromatic heterocycles. The Bertz CT molecular complexity index is 2840. The van der Waals surface area contributed by atoms with Crippen LogP contribution < -0.4 is 0 Å². The summed E-state index contributed by atoms with van der Waals surface area (Å²) in [7, 11) is -27.5. The lowest BCUT2D eigenvalue weighted by molar-refractivity contribution is -0.340. The van der Waals surface area contributed by atoms with Crippen LogP contribution in [0.25, 0.3) is 0 Å². The van der Waals surface area contributed by atoms with E-state index in [2.05, 4.69) is 16.7 Å². The van der Waals surface area contributed by atoms with Gasteiger partial charge in [-0.3, -0.25) is 27.5 Å². The number of aliphatic hydroxyl groups excluding tert-OH is 13. The Morgan fingerprint density at radius 1 is 0.316 bits per heavy atom. The molecule has 6 aliphatic heterocycles. The van der Waals surface area contributed by atoms with E-state index in [0.29, 0.717) is 0 Å². The zero-order valence-corrected chi connectivity index (χ0v) is 50.2. The zero-order valence-electron chi connectivity index (χ0n) is 46.1.